The number of nitrogens with zero attached hydrogens (tertiary/aromatic N) is 3. The van der Waals surface area contributed by atoms with Crippen molar-refractivity contribution >= 4 is 17.3 Å². The molecule has 96 valence electrons. The quantitative estimate of drug-likeness (QED) is 0.603. The lowest BCUT2D eigenvalue weighted by atomic mass is 9.93. The van der Waals surface area contributed by atoms with Crippen LogP contribution in [0.3, 0.4) is 0 Å². The van der Waals surface area contributed by atoms with Crippen molar-refractivity contribution in [1.29, 1.82) is 0 Å². The molecule has 2 heterocycles. The Labute approximate surface area is 105 Å². The molecule has 1 aromatic heterocycles. The summed E-state index contributed by atoms with van der Waals surface area (Å²) in [6.07, 6.45) is 3.20. The molecule has 0 aliphatic carbocycles. The van der Waals surface area contributed by atoms with Crippen molar-refractivity contribution in [3.05, 3.63) is 28.4 Å². The summed E-state index contributed by atoms with van der Waals surface area (Å²) in [5.74, 6) is 0.265. The summed E-state index contributed by atoms with van der Waals surface area (Å²) < 4.78 is 0. The Bertz CT molecular complexity index is 450. The second-order valence-electron chi connectivity index (χ2n) is 4.50. The van der Waals surface area contributed by atoms with Gasteiger partial charge in [0.15, 0.2) is 6.20 Å². The van der Waals surface area contributed by atoms with Gasteiger partial charge < -0.3 is 15.0 Å². The lowest BCUT2D eigenvalue weighted by Gasteiger charge is -2.31. The molecule has 6 nitrogen and oxygen atoms in total. The molecule has 6 heteroatoms. The molecule has 2 rings (SSSR count). The zero-order valence-corrected chi connectivity index (χ0v) is 10.2. The lowest BCUT2D eigenvalue weighted by Crippen LogP contribution is -2.35. The number of Topliss-reactive ketones (excluding diaryl/α,β-unsaturated/α-hetero) is 1. The maximum atomic E-state index is 11.3. The normalized spacial score (nSPS) is 16.6. The Morgan fingerprint density at radius 2 is 2.11 bits per heavy atom. The highest BCUT2D eigenvalue weighted by Gasteiger charge is 2.23. The van der Waals surface area contributed by atoms with E-state index < -0.39 is 4.92 Å². The number of ketones is 1. The van der Waals surface area contributed by atoms with Crippen molar-refractivity contribution in [2.24, 2.45) is 5.92 Å². The van der Waals surface area contributed by atoms with Crippen molar-refractivity contribution in [2.45, 2.75) is 19.8 Å². The smallest absolute Gasteiger partial charge is 0.363 e. The first-order valence-electron chi connectivity index (χ1n) is 5.94. The van der Waals surface area contributed by atoms with Crippen LogP contribution in [0, 0.1) is 16.0 Å². The van der Waals surface area contributed by atoms with E-state index >= 15 is 0 Å². The zero-order valence-electron chi connectivity index (χ0n) is 10.2. The fraction of sp³-hybridized carbons (Fsp3) is 0.500. The number of carbonyl (C=O) groups excluding carboxylic acids is 1. The second kappa shape index (κ2) is 5.12. The Morgan fingerprint density at radius 3 is 2.56 bits per heavy atom. The maximum absolute atomic E-state index is 11.3. The van der Waals surface area contributed by atoms with Crippen LogP contribution in [0.4, 0.5) is 11.5 Å². The third-order valence-corrected chi connectivity index (χ3v) is 3.35. The highest BCUT2D eigenvalue weighted by molar-refractivity contribution is 5.78. The summed E-state index contributed by atoms with van der Waals surface area (Å²) in [4.78, 5) is 27.2. The van der Waals surface area contributed by atoms with Gasteiger partial charge in [0, 0.05) is 25.1 Å². The molecule has 0 saturated carbocycles. The summed E-state index contributed by atoms with van der Waals surface area (Å²) in [5.41, 5.74) is 0.877. The van der Waals surface area contributed by atoms with Crippen LogP contribution in [0.25, 0.3) is 0 Å². The number of piperidine rings is 1. The predicted octanol–water partition coefficient (Wildman–Crippen LogP) is 1.80. The van der Waals surface area contributed by atoms with E-state index in [1.165, 1.54) is 12.3 Å². The van der Waals surface area contributed by atoms with Gasteiger partial charge in [0.1, 0.15) is 5.78 Å². The van der Waals surface area contributed by atoms with Gasteiger partial charge in [-0.2, -0.15) is 0 Å². The molecule has 1 aromatic rings. The number of pyridine rings is 1. The molecule has 0 bridgehead atoms. The molecule has 1 saturated heterocycles. The van der Waals surface area contributed by atoms with E-state index in [-0.39, 0.29) is 17.5 Å². The van der Waals surface area contributed by atoms with Gasteiger partial charge in [0.05, 0.1) is 5.69 Å². The number of nitro groups is 1. The van der Waals surface area contributed by atoms with Crippen molar-refractivity contribution in [3.63, 3.8) is 0 Å². The minimum Gasteiger partial charge on any atom is -0.368 e. The molecular formula is C12H15N3O3. The van der Waals surface area contributed by atoms with Crippen molar-refractivity contribution in [1.82, 2.24) is 4.98 Å². The molecular weight excluding hydrogens is 234 g/mol. The number of hydrogen-bond acceptors (Lipinski definition) is 5. The predicted molar refractivity (Wildman–Crippen MR) is 66.5 cm³/mol. The first-order valence-corrected chi connectivity index (χ1v) is 5.94. The summed E-state index contributed by atoms with van der Waals surface area (Å²) in [5, 5.41) is 10.5. The Morgan fingerprint density at radius 1 is 1.44 bits per heavy atom. The molecule has 0 unspecified atom stereocenters. The van der Waals surface area contributed by atoms with Gasteiger partial charge in [-0.3, -0.25) is 4.79 Å². The van der Waals surface area contributed by atoms with Gasteiger partial charge in [0.2, 0.25) is 0 Å². The number of hydrogen-bond donors (Lipinski definition) is 0. The fourth-order valence-corrected chi connectivity index (χ4v) is 2.22. The van der Waals surface area contributed by atoms with Crippen LogP contribution in [-0.2, 0) is 4.79 Å². The maximum Gasteiger partial charge on any atom is 0.363 e. The molecule has 0 radical (unpaired) electrons. The molecule has 0 atom stereocenters. The van der Waals surface area contributed by atoms with Gasteiger partial charge >= 0.3 is 5.82 Å². The molecule has 1 aliphatic heterocycles. The van der Waals surface area contributed by atoms with Gasteiger partial charge in [0.25, 0.3) is 0 Å². The first-order chi connectivity index (χ1) is 8.58. The van der Waals surface area contributed by atoms with Crippen LogP contribution >= 0.6 is 0 Å². The average Bonchev–Trinajstić information content (AvgIpc) is 2.39. The molecule has 0 aromatic carbocycles. The van der Waals surface area contributed by atoms with E-state index in [4.69, 9.17) is 0 Å². The molecule has 18 heavy (non-hydrogen) atoms. The van der Waals surface area contributed by atoms with Gasteiger partial charge in [-0.1, -0.05) is 0 Å². The van der Waals surface area contributed by atoms with E-state index in [1.54, 1.807) is 13.0 Å². The number of anilines is 1. The van der Waals surface area contributed by atoms with E-state index in [1.807, 2.05) is 0 Å². The molecule has 1 aliphatic rings. The van der Waals surface area contributed by atoms with Crippen LogP contribution in [0.2, 0.25) is 0 Å². The van der Waals surface area contributed by atoms with Crippen LogP contribution < -0.4 is 4.90 Å². The van der Waals surface area contributed by atoms with Crippen LogP contribution in [0.15, 0.2) is 18.3 Å². The van der Waals surface area contributed by atoms with E-state index in [9.17, 15) is 14.9 Å². The third-order valence-electron chi connectivity index (χ3n) is 3.35. The summed E-state index contributed by atoms with van der Waals surface area (Å²) in [7, 11) is 0. The largest absolute Gasteiger partial charge is 0.368 e. The topological polar surface area (TPSA) is 76.3 Å². The summed E-state index contributed by atoms with van der Waals surface area (Å²) >= 11 is 0. The Kier molecular flexibility index (Phi) is 3.55. The van der Waals surface area contributed by atoms with Gasteiger partial charge in [-0.05, 0) is 35.7 Å². The van der Waals surface area contributed by atoms with E-state index in [0.29, 0.717) is 0 Å². The molecule has 0 amide bonds. The van der Waals surface area contributed by atoms with Gasteiger partial charge in [-0.15, -0.1) is 0 Å². The monoisotopic (exact) mass is 249 g/mol. The first kappa shape index (κ1) is 12.5. The highest BCUT2D eigenvalue weighted by atomic mass is 16.6. The minimum atomic E-state index is -0.508. The zero-order chi connectivity index (χ0) is 13.1. The lowest BCUT2D eigenvalue weighted by molar-refractivity contribution is -0.389. The standard InChI is InChI=1S/C12H15N3O3/c1-9(16)10-4-6-14(7-5-10)11-2-3-12(13-8-11)15(17)18/h2-3,8,10H,4-7H2,1H3. The minimum absolute atomic E-state index is 0.141. The van der Waals surface area contributed by atoms with Crippen molar-refractivity contribution < 1.29 is 9.72 Å². The number of rotatable bonds is 3. The molecule has 0 N–H and O–H groups in total. The van der Waals surface area contributed by atoms with Crippen LogP contribution in [-0.4, -0.2) is 28.8 Å². The molecule has 0 spiro atoms. The van der Waals surface area contributed by atoms with Gasteiger partial charge in [-0.25, -0.2) is 0 Å². The molecule has 1 fully saturated rings. The Hall–Kier alpha value is -1.98. The van der Waals surface area contributed by atoms with E-state index in [0.717, 1.165) is 31.6 Å². The average molecular weight is 249 g/mol. The Balaban J connectivity index is 2.01. The number of aromatic nitrogens is 1. The SMILES string of the molecule is CC(=O)C1CCN(c2ccc([N+](=O)[O-])nc2)CC1. The van der Waals surface area contributed by atoms with Crippen molar-refractivity contribution in [2.75, 3.05) is 18.0 Å². The summed E-state index contributed by atoms with van der Waals surface area (Å²) in [6.45, 7) is 3.22. The number of carbonyl (C=O) groups is 1. The summed E-state index contributed by atoms with van der Waals surface area (Å²) in [6, 6.07) is 3.12. The fourth-order valence-electron chi connectivity index (χ4n) is 2.22. The van der Waals surface area contributed by atoms with E-state index in [2.05, 4.69) is 9.88 Å². The highest BCUT2D eigenvalue weighted by Crippen LogP contribution is 2.24. The second-order valence-corrected chi connectivity index (χ2v) is 4.50. The van der Waals surface area contributed by atoms with Crippen LogP contribution in [0.1, 0.15) is 19.8 Å². The van der Waals surface area contributed by atoms with Crippen LogP contribution in [0.5, 0.6) is 0 Å². The van der Waals surface area contributed by atoms with Crippen molar-refractivity contribution in [3.8, 4) is 0 Å². The third kappa shape index (κ3) is 2.64.